The number of nitrogens with zero attached hydrogens (tertiary/aromatic N) is 1. The van der Waals surface area contributed by atoms with Crippen LogP contribution in [0.15, 0.2) is 24.3 Å². The molecule has 1 aromatic carbocycles. The van der Waals surface area contributed by atoms with E-state index >= 15 is 0 Å². The normalized spacial score (nSPS) is 16.4. The van der Waals surface area contributed by atoms with Crippen LogP contribution in [-0.4, -0.2) is 35.0 Å². The van der Waals surface area contributed by atoms with Crippen LogP contribution in [0, 0.1) is 5.92 Å². The molecule has 1 saturated heterocycles. The van der Waals surface area contributed by atoms with Crippen LogP contribution >= 0.6 is 0 Å². The van der Waals surface area contributed by atoms with E-state index in [0.29, 0.717) is 5.56 Å². The molecule has 1 aliphatic rings. The summed E-state index contributed by atoms with van der Waals surface area (Å²) in [5.41, 5.74) is 0.779. The SMILES string of the molecule is CCC1CCN(C(=O)c2ccc(C(=O)O)cc2)CC1. The fourth-order valence-electron chi connectivity index (χ4n) is 2.48. The van der Waals surface area contributed by atoms with E-state index in [2.05, 4.69) is 6.92 Å². The van der Waals surface area contributed by atoms with Crippen molar-refractivity contribution in [3.63, 3.8) is 0 Å². The average Bonchev–Trinajstić information content (AvgIpc) is 2.46. The Bertz CT molecular complexity index is 459. The summed E-state index contributed by atoms with van der Waals surface area (Å²) >= 11 is 0. The lowest BCUT2D eigenvalue weighted by Crippen LogP contribution is -2.38. The van der Waals surface area contributed by atoms with Crippen LogP contribution in [0.1, 0.15) is 46.9 Å². The van der Waals surface area contributed by atoms with Crippen LogP contribution in [-0.2, 0) is 0 Å². The van der Waals surface area contributed by atoms with Crippen molar-refractivity contribution in [3.8, 4) is 0 Å². The Kier molecular flexibility index (Phi) is 4.20. The zero-order chi connectivity index (χ0) is 13.8. The van der Waals surface area contributed by atoms with Gasteiger partial charge in [0.2, 0.25) is 0 Å². The van der Waals surface area contributed by atoms with Gasteiger partial charge < -0.3 is 10.0 Å². The van der Waals surface area contributed by atoms with Gasteiger partial charge in [0.1, 0.15) is 0 Å². The molecule has 1 aliphatic heterocycles. The van der Waals surface area contributed by atoms with E-state index in [-0.39, 0.29) is 11.5 Å². The van der Waals surface area contributed by atoms with Gasteiger partial charge in [-0.15, -0.1) is 0 Å². The topological polar surface area (TPSA) is 57.6 Å². The Morgan fingerprint density at radius 2 is 1.68 bits per heavy atom. The second-order valence-electron chi connectivity index (χ2n) is 5.03. The number of rotatable bonds is 3. The molecule has 0 spiro atoms. The Balaban J connectivity index is 2.02. The molecule has 1 fully saturated rings. The summed E-state index contributed by atoms with van der Waals surface area (Å²) < 4.78 is 0. The molecule has 1 aromatic rings. The standard InChI is InChI=1S/C15H19NO3/c1-2-11-7-9-16(10-8-11)14(17)12-3-5-13(6-4-12)15(18)19/h3-6,11H,2,7-10H2,1H3,(H,18,19). The van der Waals surface area contributed by atoms with E-state index in [9.17, 15) is 9.59 Å². The molecule has 19 heavy (non-hydrogen) atoms. The smallest absolute Gasteiger partial charge is 0.335 e. The summed E-state index contributed by atoms with van der Waals surface area (Å²) in [6.45, 7) is 3.79. The molecule has 4 nitrogen and oxygen atoms in total. The highest BCUT2D eigenvalue weighted by Crippen LogP contribution is 2.21. The fourth-order valence-corrected chi connectivity index (χ4v) is 2.48. The number of amides is 1. The van der Waals surface area contributed by atoms with Gasteiger partial charge in [0.25, 0.3) is 5.91 Å². The number of carbonyl (C=O) groups excluding carboxylic acids is 1. The quantitative estimate of drug-likeness (QED) is 0.910. The van der Waals surface area contributed by atoms with Gasteiger partial charge in [-0.1, -0.05) is 13.3 Å². The Hall–Kier alpha value is -1.84. The number of carbonyl (C=O) groups is 2. The highest BCUT2D eigenvalue weighted by Gasteiger charge is 2.22. The van der Waals surface area contributed by atoms with E-state index in [0.717, 1.165) is 31.8 Å². The van der Waals surface area contributed by atoms with Crippen LogP contribution < -0.4 is 0 Å². The number of carboxylic acids is 1. The van der Waals surface area contributed by atoms with E-state index < -0.39 is 5.97 Å². The van der Waals surface area contributed by atoms with Crippen LogP contribution in [0.3, 0.4) is 0 Å². The van der Waals surface area contributed by atoms with Crippen molar-refractivity contribution in [2.24, 2.45) is 5.92 Å². The number of carboxylic acid groups (broad SMARTS) is 1. The molecular weight excluding hydrogens is 242 g/mol. The first-order chi connectivity index (χ1) is 9.11. The number of hydrogen-bond acceptors (Lipinski definition) is 2. The first kappa shape index (κ1) is 13.6. The lowest BCUT2D eigenvalue weighted by molar-refractivity contribution is 0.0678. The number of piperidine rings is 1. The Labute approximate surface area is 113 Å². The van der Waals surface area contributed by atoms with Gasteiger partial charge in [-0.3, -0.25) is 4.79 Å². The van der Waals surface area contributed by atoms with Crippen molar-refractivity contribution in [2.45, 2.75) is 26.2 Å². The van der Waals surface area contributed by atoms with Crippen molar-refractivity contribution in [2.75, 3.05) is 13.1 Å². The van der Waals surface area contributed by atoms with Crippen molar-refractivity contribution in [1.82, 2.24) is 4.90 Å². The van der Waals surface area contributed by atoms with E-state index in [1.54, 1.807) is 12.1 Å². The van der Waals surface area contributed by atoms with Gasteiger partial charge in [-0.25, -0.2) is 4.79 Å². The summed E-state index contributed by atoms with van der Waals surface area (Å²) in [5.74, 6) is -0.229. The lowest BCUT2D eigenvalue weighted by atomic mass is 9.94. The minimum atomic E-state index is -0.970. The van der Waals surface area contributed by atoms with Crippen LogP contribution in [0.4, 0.5) is 0 Å². The van der Waals surface area contributed by atoms with E-state index in [1.165, 1.54) is 18.6 Å². The van der Waals surface area contributed by atoms with Gasteiger partial charge in [-0.05, 0) is 43.0 Å². The zero-order valence-corrected chi connectivity index (χ0v) is 11.1. The molecule has 1 heterocycles. The molecule has 0 unspecified atom stereocenters. The summed E-state index contributed by atoms with van der Waals surface area (Å²) in [6, 6.07) is 6.15. The minimum absolute atomic E-state index is 0.00601. The van der Waals surface area contributed by atoms with Crippen LogP contribution in [0.5, 0.6) is 0 Å². The van der Waals surface area contributed by atoms with Crippen molar-refractivity contribution < 1.29 is 14.7 Å². The highest BCUT2D eigenvalue weighted by atomic mass is 16.4. The molecule has 2 rings (SSSR count). The third kappa shape index (κ3) is 3.13. The first-order valence-corrected chi connectivity index (χ1v) is 6.74. The molecule has 0 atom stereocenters. The largest absolute Gasteiger partial charge is 0.478 e. The number of aromatic carboxylic acids is 1. The molecule has 4 heteroatoms. The van der Waals surface area contributed by atoms with Crippen molar-refractivity contribution in [1.29, 1.82) is 0 Å². The van der Waals surface area contributed by atoms with Gasteiger partial charge in [-0.2, -0.15) is 0 Å². The maximum absolute atomic E-state index is 12.3. The lowest BCUT2D eigenvalue weighted by Gasteiger charge is -2.31. The Morgan fingerprint density at radius 1 is 1.16 bits per heavy atom. The second kappa shape index (κ2) is 5.87. The van der Waals surface area contributed by atoms with Crippen LogP contribution in [0.2, 0.25) is 0 Å². The molecule has 0 saturated carbocycles. The maximum atomic E-state index is 12.3. The van der Waals surface area contributed by atoms with Crippen molar-refractivity contribution in [3.05, 3.63) is 35.4 Å². The third-order valence-electron chi connectivity index (χ3n) is 3.86. The predicted octanol–water partition coefficient (Wildman–Crippen LogP) is 2.65. The summed E-state index contributed by atoms with van der Waals surface area (Å²) in [4.78, 5) is 24.9. The third-order valence-corrected chi connectivity index (χ3v) is 3.86. The first-order valence-electron chi connectivity index (χ1n) is 6.74. The van der Waals surface area contributed by atoms with Gasteiger partial charge >= 0.3 is 5.97 Å². The van der Waals surface area contributed by atoms with Gasteiger partial charge in [0.15, 0.2) is 0 Å². The average molecular weight is 261 g/mol. The van der Waals surface area contributed by atoms with Crippen molar-refractivity contribution >= 4 is 11.9 Å². The molecule has 102 valence electrons. The number of hydrogen-bond donors (Lipinski definition) is 1. The van der Waals surface area contributed by atoms with Crippen LogP contribution in [0.25, 0.3) is 0 Å². The summed E-state index contributed by atoms with van der Waals surface area (Å²) in [5, 5.41) is 8.82. The zero-order valence-electron chi connectivity index (χ0n) is 11.1. The maximum Gasteiger partial charge on any atom is 0.335 e. The van der Waals surface area contributed by atoms with Gasteiger partial charge in [0.05, 0.1) is 5.56 Å². The Morgan fingerprint density at radius 3 is 2.16 bits per heavy atom. The fraction of sp³-hybridized carbons (Fsp3) is 0.467. The predicted molar refractivity (Wildman–Crippen MR) is 72.3 cm³/mol. The molecule has 0 bridgehead atoms. The van der Waals surface area contributed by atoms with Gasteiger partial charge in [0, 0.05) is 18.7 Å². The summed E-state index contributed by atoms with van der Waals surface area (Å²) in [6.07, 6.45) is 3.31. The minimum Gasteiger partial charge on any atom is -0.478 e. The molecule has 1 amide bonds. The monoisotopic (exact) mass is 261 g/mol. The highest BCUT2D eigenvalue weighted by molar-refractivity contribution is 5.95. The summed E-state index contributed by atoms with van der Waals surface area (Å²) in [7, 11) is 0. The number of likely N-dealkylation sites (tertiary alicyclic amines) is 1. The molecule has 0 radical (unpaired) electrons. The molecular formula is C15H19NO3. The molecule has 0 aromatic heterocycles. The second-order valence-corrected chi connectivity index (χ2v) is 5.03. The van der Waals surface area contributed by atoms with E-state index in [1.807, 2.05) is 4.90 Å². The molecule has 1 N–H and O–H groups in total. The number of benzene rings is 1. The van der Waals surface area contributed by atoms with E-state index in [4.69, 9.17) is 5.11 Å². The molecule has 0 aliphatic carbocycles.